The summed E-state index contributed by atoms with van der Waals surface area (Å²) in [6.07, 6.45) is 4.25. The smallest absolute Gasteiger partial charge is 0.230 e. The van der Waals surface area contributed by atoms with E-state index in [1.807, 2.05) is 36.4 Å². The Bertz CT molecular complexity index is 672. The zero-order chi connectivity index (χ0) is 14.9. The second kappa shape index (κ2) is 5.40. The van der Waals surface area contributed by atoms with Gasteiger partial charge in [-0.25, -0.2) is 0 Å². The Hall–Kier alpha value is -2.03. The van der Waals surface area contributed by atoms with Gasteiger partial charge < -0.3 is 10.1 Å². The van der Waals surface area contributed by atoms with Crippen molar-refractivity contribution in [2.45, 2.75) is 32.6 Å². The van der Waals surface area contributed by atoms with Gasteiger partial charge in [0, 0.05) is 21.9 Å². The van der Waals surface area contributed by atoms with E-state index >= 15 is 0 Å². The van der Waals surface area contributed by atoms with Gasteiger partial charge in [0.05, 0.1) is 7.11 Å². The first-order valence-electron chi connectivity index (χ1n) is 7.51. The third-order valence-corrected chi connectivity index (χ3v) is 4.61. The van der Waals surface area contributed by atoms with Crippen LogP contribution in [0, 0.1) is 5.41 Å². The summed E-state index contributed by atoms with van der Waals surface area (Å²) in [7, 11) is 1.67. The molecule has 0 aliphatic heterocycles. The van der Waals surface area contributed by atoms with Crippen molar-refractivity contribution in [2.24, 2.45) is 5.41 Å². The zero-order valence-electron chi connectivity index (χ0n) is 12.6. The maximum atomic E-state index is 12.6. The number of hydrogen-bond donors (Lipinski definition) is 1. The maximum absolute atomic E-state index is 12.6. The lowest BCUT2D eigenvalue weighted by Crippen LogP contribution is -2.30. The molecule has 1 aliphatic rings. The van der Waals surface area contributed by atoms with Crippen LogP contribution in [-0.4, -0.2) is 13.0 Å². The van der Waals surface area contributed by atoms with Gasteiger partial charge in [0.1, 0.15) is 5.75 Å². The van der Waals surface area contributed by atoms with Crippen molar-refractivity contribution in [3.8, 4) is 5.75 Å². The number of fused-ring (bicyclic) bond motifs is 1. The van der Waals surface area contributed by atoms with E-state index in [2.05, 4.69) is 12.2 Å². The third-order valence-electron chi connectivity index (χ3n) is 4.61. The Morgan fingerprint density at radius 2 is 1.76 bits per heavy atom. The summed E-state index contributed by atoms with van der Waals surface area (Å²) in [5.74, 6) is 0.964. The van der Waals surface area contributed by atoms with E-state index in [0.717, 1.165) is 47.9 Å². The Morgan fingerprint density at radius 3 is 2.43 bits per heavy atom. The molecule has 0 bridgehead atoms. The van der Waals surface area contributed by atoms with Crippen LogP contribution in [0.15, 0.2) is 36.4 Å². The van der Waals surface area contributed by atoms with E-state index in [1.165, 1.54) is 0 Å². The molecule has 1 N–H and O–H groups in total. The van der Waals surface area contributed by atoms with Crippen LogP contribution in [-0.2, 0) is 4.79 Å². The molecule has 0 saturated heterocycles. The molecule has 3 nitrogen and oxygen atoms in total. The molecule has 1 amide bonds. The number of benzene rings is 2. The lowest BCUT2D eigenvalue weighted by Gasteiger charge is -2.23. The van der Waals surface area contributed by atoms with Crippen molar-refractivity contribution in [1.82, 2.24) is 0 Å². The average molecular weight is 283 g/mol. The second-order valence-corrected chi connectivity index (χ2v) is 6.08. The summed E-state index contributed by atoms with van der Waals surface area (Å²) in [5, 5.41) is 5.17. The van der Waals surface area contributed by atoms with E-state index in [0.29, 0.717) is 0 Å². The molecule has 0 radical (unpaired) electrons. The van der Waals surface area contributed by atoms with Crippen molar-refractivity contribution < 1.29 is 9.53 Å². The fraction of sp³-hybridized carbons (Fsp3) is 0.389. The fourth-order valence-corrected chi connectivity index (χ4v) is 3.21. The number of hydrogen-bond acceptors (Lipinski definition) is 2. The molecule has 0 heterocycles. The highest BCUT2D eigenvalue weighted by Crippen LogP contribution is 2.39. The molecule has 3 rings (SSSR count). The van der Waals surface area contributed by atoms with Crippen molar-refractivity contribution in [3.05, 3.63) is 36.4 Å². The number of methoxy groups -OCH3 is 1. The molecule has 1 saturated carbocycles. The first-order valence-corrected chi connectivity index (χ1v) is 7.51. The standard InChI is InChI=1S/C18H21NO2/c1-18(11-5-6-12-18)17(20)19-15-9-10-16(21-2)14-8-4-3-7-13(14)15/h3-4,7-10H,5-6,11-12H2,1-2H3,(H,19,20). The summed E-state index contributed by atoms with van der Waals surface area (Å²) in [6.45, 7) is 2.07. The van der Waals surface area contributed by atoms with E-state index in [4.69, 9.17) is 4.74 Å². The van der Waals surface area contributed by atoms with Gasteiger partial charge in [-0.05, 0) is 25.0 Å². The Kier molecular flexibility index (Phi) is 3.58. The number of carbonyl (C=O) groups excluding carboxylic acids is 1. The monoisotopic (exact) mass is 283 g/mol. The Morgan fingerprint density at radius 1 is 1.10 bits per heavy atom. The van der Waals surface area contributed by atoms with Crippen LogP contribution in [0.4, 0.5) is 5.69 Å². The highest BCUT2D eigenvalue weighted by atomic mass is 16.5. The average Bonchev–Trinajstić information content (AvgIpc) is 2.96. The molecule has 21 heavy (non-hydrogen) atoms. The molecule has 0 spiro atoms. The normalized spacial score (nSPS) is 16.9. The lowest BCUT2D eigenvalue weighted by molar-refractivity contribution is -0.124. The molecule has 110 valence electrons. The Balaban J connectivity index is 1.96. The second-order valence-electron chi connectivity index (χ2n) is 6.08. The minimum absolute atomic E-state index is 0.135. The quantitative estimate of drug-likeness (QED) is 0.908. The third kappa shape index (κ3) is 2.48. The van der Waals surface area contributed by atoms with Crippen LogP contribution >= 0.6 is 0 Å². The van der Waals surface area contributed by atoms with Gasteiger partial charge in [-0.1, -0.05) is 44.0 Å². The number of anilines is 1. The summed E-state index contributed by atoms with van der Waals surface area (Å²) in [6, 6.07) is 11.8. The molecule has 1 fully saturated rings. The summed E-state index contributed by atoms with van der Waals surface area (Å²) in [4.78, 5) is 12.6. The van der Waals surface area contributed by atoms with Crippen molar-refractivity contribution >= 4 is 22.4 Å². The number of rotatable bonds is 3. The van der Waals surface area contributed by atoms with Crippen LogP contribution in [0.3, 0.4) is 0 Å². The molecule has 2 aromatic rings. The van der Waals surface area contributed by atoms with Crippen molar-refractivity contribution in [1.29, 1.82) is 0 Å². The maximum Gasteiger partial charge on any atom is 0.230 e. The largest absolute Gasteiger partial charge is 0.496 e. The van der Waals surface area contributed by atoms with Gasteiger partial charge in [-0.15, -0.1) is 0 Å². The molecule has 0 aromatic heterocycles. The first-order chi connectivity index (χ1) is 10.1. The van der Waals surface area contributed by atoms with Gasteiger partial charge >= 0.3 is 0 Å². The van der Waals surface area contributed by atoms with Crippen LogP contribution in [0.25, 0.3) is 10.8 Å². The van der Waals surface area contributed by atoms with Crippen LogP contribution < -0.4 is 10.1 Å². The van der Waals surface area contributed by atoms with Crippen molar-refractivity contribution in [3.63, 3.8) is 0 Å². The Labute approximate surface area is 125 Å². The molecule has 0 unspecified atom stereocenters. The topological polar surface area (TPSA) is 38.3 Å². The molecule has 2 aromatic carbocycles. The number of carbonyl (C=O) groups is 1. The minimum Gasteiger partial charge on any atom is -0.496 e. The van der Waals surface area contributed by atoms with E-state index in [-0.39, 0.29) is 11.3 Å². The summed E-state index contributed by atoms with van der Waals surface area (Å²) < 4.78 is 5.39. The predicted molar refractivity (Wildman–Crippen MR) is 85.7 cm³/mol. The fourth-order valence-electron chi connectivity index (χ4n) is 3.21. The van der Waals surface area contributed by atoms with E-state index in [9.17, 15) is 4.79 Å². The van der Waals surface area contributed by atoms with E-state index in [1.54, 1.807) is 7.11 Å². The first kappa shape index (κ1) is 13.9. The van der Waals surface area contributed by atoms with E-state index < -0.39 is 0 Å². The molecule has 1 aliphatic carbocycles. The molecule has 3 heteroatoms. The van der Waals surface area contributed by atoms with Gasteiger partial charge in [-0.2, -0.15) is 0 Å². The highest BCUT2D eigenvalue weighted by molar-refractivity contribution is 6.05. The van der Waals surface area contributed by atoms with Gasteiger partial charge in [0.15, 0.2) is 0 Å². The summed E-state index contributed by atoms with van der Waals surface area (Å²) >= 11 is 0. The summed E-state index contributed by atoms with van der Waals surface area (Å²) in [5.41, 5.74) is 0.644. The minimum atomic E-state index is -0.221. The SMILES string of the molecule is COc1ccc(NC(=O)C2(C)CCCC2)c2ccccc12. The zero-order valence-corrected chi connectivity index (χ0v) is 12.6. The molecule has 0 atom stereocenters. The predicted octanol–water partition coefficient (Wildman–Crippen LogP) is 4.37. The van der Waals surface area contributed by atoms with Crippen LogP contribution in [0.1, 0.15) is 32.6 Å². The van der Waals surface area contributed by atoms with Gasteiger partial charge in [-0.3, -0.25) is 4.79 Å². The van der Waals surface area contributed by atoms with Crippen LogP contribution in [0.5, 0.6) is 5.75 Å². The van der Waals surface area contributed by atoms with Crippen LogP contribution in [0.2, 0.25) is 0 Å². The lowest BCUT2D eigenvalue weighted by atomic mass is 9.87. The van der Waals surface area contributed by atoms with Gasteiger partial charge in [0.2, 0.25) is 5.91 Å². The highest BCUT2D eigenvalue weighted by Gasteiger charge is 2.36. The van der Waals surface area contributed by atoms with Gasteiger partial charge in [0.25, 0.3) is 0 Å². The molecular formula is C18H21NO2. The molecular weight excluding hydrogens is 262 g/mol. The van der Waals surface area contributed by atoms with Crippen molar-refractivity contribution in [2.75, 3.05) is 12.4 Å². The number of ether oxygens (including phenoxy) is 1. The number of amides is 1. The number of nitrogens with one attached hydrogen (secondary N) is 1.